The van der Waals surface area contributed by atoms with Gasteiger partial charge in [0.2, 0.25) is 0 Å². The van der Waals surface area contributed by atoms with Gasteiger partial charge < -0.3 is 10.1 Å². The minimum atomic E-state index is -0.396. The van der Waals surface area contributed by atoms with Gasteiger partial charge in [0.15, 0.2) is 11.6 Å². The van der Waals surface area contributed by atoms with E-state index in [2.05, 4.69) is 5.32 Å². The van der Waals surface area contributed by atoms with E-state index in [1.165, 1.54) is 38.2 Å². The minimum Gasteiger partial charge on any atom is -0.489 e. The summed E-state index contributed by atoms with van der Waals surface area (Å²) in [7, 11) is 0. The molecule has 1 aromatic rings. The van der Waals surface area contributed by atoms with Crippen molar-refractivity contribution >= 4 is 11.6 Å². The van der Waals surface area contributed by atoms with Crippen molar-refractivity contribution in [2.75, 3.05) is 13.2 Å². The van der Waals surface area contributed by atoms with Crippen molar-refractivity contribution in [2.24, 2.45) is 0 Å². The summed E-state index contributed by atoms with van der Waals surface area (Å²) in [5.41, 5.74) is 0. The SMILES string of the molecule is Fc1cccc(Cl)c1OCCCNC1CCCCC1. The van der Waals surface area contributed by atoms with Crippen LogP contribution in [0.1, 0.15) is 38.5 Å². The summed E-state index contributed by atoms with van der Waals surface area (Å²) in [5, 5.41) is 3.86. The first-order valence-electron chi connectivity index (χ1n) is 7.07. The Morgan fingerprint density at radius 3 is 2.79 bits per heavy atom. The fraction of sp³-hybridized carbons (Fsp3) is 0.600. The zero-order valence-corrected chi connectivity index (χ0v) is 11.9. The van der Waals surface area contributed by atoms with Crippen LogP contribution in [0.3, 0.4) is 0 Å². The van der Waals surface area contributed by atoms with Crippen molar-refractivity contribution in [2.45, 2.75) is 44.6 Å². The highest BCUT2D eigenvalue weighted by Gasteiger charge is 2.12. The molecule has 0 saturated heterocycles. The lowest BCUT2D eigenvalue weighted by molar-refractivity contribution is 0.285. The van der Waals surface area contributed by atoms with Crippen LogP contribution in [0.25, 0.3) is 0 Å². The van der Waals surface area contributed by atoms with E-state index in [9.17, 15) is 4.39 Å². The Morgan fingerprint density at radius 1 is 1.26 bits per heavy atom. The van der Waals surface area contributed by atoms with Gasteiger partial charge in [-0.05, 0) is 37.9 Å². The maximum Gasteiger partial charge on any atom is 0.173 e. The third kappa shape index (κ3) is 4.66. The van der Waals surface area contributed by atoms with E-state index in [1.807, 2.05) is 0 Å². The second-order valence-electron chi connectivity index (χ2n) is 5.04. The molecule has 0 unspecified atom stereocenters. The summed E-state index contributed by atoms with van der Waals surface area (Å²) < 4.78 is 18.8. The molecular formula is C15H21ClFNO. The van der Waals surface area contributed by atoms with Gasteiger partial charge >= 0.3 is 0 Å². The van der Waals surface area contributed by atoms with E-state index in [-0.39, 0.29) is 5.75 Å². The smallest absolute Gasteiger partial charge is 0.173 e. The largest absolute Gasteiger partial charge is 0.489 e. The summed E-state index contributed by atoms with van der Waals surface area (Å²) in [5.74, 6) is -0.227. The number of benzene rings is 1. The predicted octanol–water partition coefficient (Wildman–Crippen LogP) is 4.17. The molecule has 4 heteroatoms. The zero-order chi connectivity index (χ0) is 13.5. The van der Waals surface area contributed by atoms with Crippen LogP contribution in [-0.2, 0) is 0 Å². The monoisotopic (exact) mass is 285 g/mol. The molecule has 1 aromatic carbocycles. The predicted molar refractivity (Wildman–Crippen MR) is 76.4 cm³/mol. The van der Waals surface area contributed by atoms with Crippen LogP contribution in [0.15, 0.2) is 18.2 Å². The fourth-order valence-corrected chi connectivity index (χ4v) is 2.70. The van der Waals surface area contributed by atoms with Gasteiger partial charge in [0, 0.05) is 6.04 Å². The van der Waals surface area contributed by atoms with E-state index in [0.717, 1.165) is 13.0 Å². The van der Waals surface area contributed by atoms with Gasteiger partial charge in [-0.25, -0.2) is 4.39 Å². The Bertz CT molecular complexity index is 373. The van der Waals surface area contributed by atoms with Gasteiger partial charge in [-0.2, -0.15) is 0 Å². The van der Waals surface area contributed by atoms with Crippen LogP contribution in [0.2, 0.25) is 5.02 Å². The summed E-state index contributed by atoms with van der Waals surface area (Å²) >= 11 is 5.88. The normalized spacial score (nSPS) is 16.5. The Morgan fingerprint density at radius 2 is 2.05 bits per heavy atom. The molecule has 1 aliphatic rings. The first-order valence-corrected chi connectivity index (χ1v) is 7.45. The average Bonchev–Trinajstić information content (AvgIpc) is 2.42. The highest BCUT2D eigenvalue weighted by molar-refractivity contribution is 6.32. The Hall–Kier alpha value is -0.800. The Labute approximate surface area is 119 Å². The molecule has 0 spiro atoms. The molecule has 0 heterocycles. The molecule has 0 aliphatic heterocycles. The minimum absolute atomic E-state index is 0.168. The lowest BCUT2D eigenvalue weighted by atomic mass is 9.95. The van der Waals surface area contributed by atoms with Gasteiger partial charge in [0.05, 0.1) is 11.6 Å². The number of rotatable bonds is 6. The molecule has 1 aliphatic carbocycles. The van der Waals surface area contributed by atoms with Crippen LogP contribution < -0.4 is 10.1 Å². The van der Waals surface area contributed by atoms with Gasteiger partial charge in [-0.15, -0.1) is 0 Å². The lowest BCUT2D eigenvalue weighted by Gasteiger charge is -2.22. The molecule has 1 fully saturated rings. The summed E-state index contributed by atoms with van der Waals surface area (Å²) in [4.78, 5) is 0. The van der Waals surface area contributed by atoms with Crippen molar-refractivity contribution in [3.63, 3.8) is 0 Å². The second kappa shape index (κ2) is 7.71. The standard InChI is InChI=1S/C15H21ClFNO/c16-13-8-4-9-14(17)15(13)19-11-5-10-18-12-6-2-1-3-7-12/h4,8-9,12,18H,1-3,5-7,10-11H2. The number of para-hydroxylation sites is 1. The highest BCUT2D eigenvalue weighted by Crippen LogP contribution is 2.27. The molecule has 0 radical (unpaired) electrons. The molecule has 0 atom stereocenters. The topological polar surface area (TPSA) is 21.3 Å². The number of nitrogens with one attached hydrogen (secondary N) is 1. The van der Waals surface area contributed by atoms with Crippen molar-refractivity contribution in [3.05, 3.63) is 29.0 Å². The molecule has 0 aromatic heterocycles. The Kier molecular flexibility index (Phi) is 5.93. The summed E-state index contributed by atoms with van der Waals surface area (Å²) in [6.45, 7) is 1.40. The molecule has 2 rings (SSSR count). The molecule has 1 N–H and O–H groups in total. The van der Waals surface area contributed by atoms with Crippen molar-refractivity contribution in [1.82, 2.24) is 5.32 Å². The maximum atomic E-state index is 13.4. The van der Waals surface area contributed by atoms with Crippen molar-refractivity contribution in [3.8, 4) is 5.75 Å². The molecule has 19 heavy (non-hydrogen) atoms. The van der Waals surface area contributed by atoms with Crippen LogP contribution in [0.5, 0.6) is 5.75 Å². The maximum absolute atomic E-state index is 13.4. The molecular weight excluding hydrogens is 265 g/mol. The lowest BCUT2D eigenvalue weighted by Crippen LogP contribution is -2.32. The molecule has 106 valence electrons. The number of ether oxygens (including phenoxy) is 1. The van der Waals surface area contributed by atoms with Crippen LogP contribution in [-0.4, -0.2) is 19.2 Å². The highest BCUT2D eigenvalue weighted by atomic mass is 35.5. The first-order chi connectivity index (χ1) is 9.27. The molecule has 0 bridgehead atoms. The second-order valence-corrected chi connectivity index (χ2v) is 5.45. The van der Waals surface area contributed by atoms with Gasteiger partial charge in [-0.1, -0.05) is 36.9 Å². The fourth-order valence-electron chi connectivity index (χ4n) is 2.48. The zero-order valence-electron chi connectivity index (χ0n) is 11.1. The van der Waals surface area contributed by atoms with E-state index in [0.29, 0.717) is 17.7 Å². The summed E-state index contributed by atoms with van der Waals surface area (Å²) in [6, 6.07) is 5.24. The third-order valence-electron chi connectivity index (χ3n) is 3.52. The number of halogens is 2. The summed E-state index contributed by atoms with van der Waals surface area (Å²) in [6.07, 6.45) is 7.45. The van der Waals surface area contributed by atoms with Crippen molar-refractivity contribution < 1.29 is 9.13 Å². The first kappa shape index (κ1) is 14.6. The molecule has 0 amide bonds. The van der Waals surface area contributed by atoms with E-state index >= 15 is 0 Å². The Balaban J connectivity index is 1.63. The van der Waals surface area contributed by atoms with Crippen LogP contribution in [0, 0.1) is 5.82 Å². The quantitative estimate of drug-likeness (QED) is 0.792. The van der Waals surface area contributed by atoms with Crippen LogP contribution >= 0.6 is 11.6 Å². The van der Waals surface area contributed by atoms with Gasteiger partial charge in [0.25, 0.3) is 0 Å². The van der Waals surface area contributed by atoms with Gasteiger partial charge in [0.1, 0.15) is 0 Å². The van der Waals surface area contributed by atoms with E-state index in [4.69, 9.17) is 16.3 Å². The third-order valence-corrected chi connectivity index (χ3v) is 3.82. The molecule has 1 saturated carbocycles. The van der Waals surface area contributed by atoms with E-state index < -0.39 is 5.82 Å². The van der Waals surface area contributed by atoms with Gasteiger partial charge in [-0.3, -0.25) is 0 Å². The van der Waals surface area contributed by atoms with Crippen LogP contribution in [0.4, 0.5) is 4.39 Å². The molecule has 2 nitrogen and oxygen atoms in total. The average molecular weight is 286 g/mol. The van der Waals surface area contributed by atoms with E-state index in [1.54, 1.807) is 12.1 Å². The number of hydrogen-bond donors (Lipinski definition) is 1. The number of hydrogen-bond acceptors (Lipinski definition) is 2. The van der Waals surface area contributed by atoms with Crippen molar-refractivity contribution in [1.29, 1.82) is 0 Å².